The van der Waals surface area contributed by atoms with Gasteiger partial charge in [-0.15, -0.1) is 0 Å². The van der Waals surface area contributed by atoms with E-state index in [1.807, 2.05) is 32.4 Å². The van der Waals surface area contributed by atoms with Crippen LogP contribution in [0.25, 0.3) is 0 Å². The molecular weight excluding hydrogens is 430 g/mol. The molecule has 0 unspecified atom stereocenters. The van der Waals surface area contributed by atoms with Crippen molar-refractivity contribution in [3.05, 3.63) is 46.4 Å². The maximum atomic E-state index is 12.7. The number of sulfonamides is 1. The second kappa shape index (κ2) is 9.40. The summed E-state index contributed by atoms with van der Waals surface area (Å²) in [7, 11) is -3.13. The quantitative estimate of drug-likeness (QED) is 0.615. The third kappa shape index (κ3) is 5.25. The lowest BCUT2D eigenvalue weighted by molar-refractivity contribution is 0.0953. The zero-order chi connectivity index (χ0) is 22.6. The van der Waals surface area contributed by atoms with Crippen molar-refractivity contribution in [2.45, 2.75) is 44.6 Å². The lowest BCUT2D eigenvalue weighted by Crippen LogP contribution is -2.37. The van der Waals surface area contributed by atoms with E-state index in [1.54, 1.807) is 12.1 Å². The van der Waals surface area contributed by atoms with Gasteiger partial charge < -0.3 is 10.6 Å². The minimum atomic E-state index is -4.46. The van der Waals surface area contributed by atoms with Crippen LogP contribution in [0.2, 0.25) is 5.02 Å². The van der Waals surface area contributed by atoms with Gasteiger partial charge in [0.15, 0.2) is 5.69 Å². The van der Waals surface area contributed by atoms with E-state index in [0.717, 1.165) is 17.3 Å². The maximum Gasteiger partial charge on any atom is 0.333 e. The van der Waals surface area contributed by atoms with Gasteiger partial charge >= 0.3 is 6.03 Å². The average molecular weight is 454 g/mol. The van der Waals surface area contributed by atoms with Crippen LogP contribution in [0, 0.1) is 0 Å². The Hall–Kier alpha value is -2.72. The summed E-state index contributed by atoms with van der Waals surface area (Å²) in [5.41, 5.74) is 1.61. The number of rotatable bonds is 6. The molecule has 0 atom stereocenters. The Labute approximate surface area is 180 Å². The second-order valence-electron chi connectivity index (χ2n) is 7.12. The summed E-state index contributed by atoms with van der Waals surface area (Å²) in [6.45, 7) is 7.74. The fourth-order valence-corrected chi connectivity index (χ4v) is 4.04. The van der Waals surface area contributed by atoms with Crippen LogP contribution in [0.4, 0.5) is 10.5 Å². The fourth-order valence-electron chi connectivity index (χ4n) is 2.81. The number of hydrogen-bond donors (Lipinski definition) is 3. The SMILES string of the molecule is CNC(=O)c1nccnc1S(=O)(=O)NC(=O)Nc1c(C(C)C)cc(Cl)cc1C(C)C. The van der Waals surface area contributed by atoms with E-state index in [2.05, 4.69) is 20.6 Å². The summed E-state index contributed by atoms with van der Waals surface area (Å²) in [6.07, 6.45) is 2.30. The highest BCUT2D eigenvalue weighted by Crippen LogP contribution is 2.35. The number of benzene rings is 1. The Bertz CT molecular complexity index is 1040. The van der Waals surface area contributed by atoms with Crippen molar-refractivity contribution in [1.29, 1.82) is 0 Å². The largest absolute Gasteiger partial charge is 0.354 e. The molecule has 0 saturated heterocycles. The summed E-state index contributed by atoms with van der Waals surface area (Å²) >= 11 is 6.22. The van der Waals surface area contributed by atoms with Crippen LogP contribution < -0.4 is 15.4 Å². The van der Waals surface area contributed by atoms with E-state index in [1.165, 1.54) is 13.2 Å². The van der Waals surface area contributed by atoms with E-state index in [9.17, 15) is 18.0 Å². The highest BCUT2D eigenvalue weighted by molar-refractivity contribution is 7.90. The van der Waals surface area contributed by atoms with Crippen molar-refractivity contribution >= 4 is 39.2 Å². The number of nitrogens with one attached hydrogen (secondary N) is 3. The molecule has 1 aromatic carbocycles. The van der Waals surface area contributed by atoms with Gasteiger partial charge in [-0.2, -0.15) is 8.42 Å². The minimum absolute atomic E-state index is 0.0212. The Morgan fingerprint density at radius 1 is 1.00 bits per heavy atom. The van der Waals surface area contributed by atoms with Crippen LogP contribution >= 0.6 is 11.6 Å². The maximum absolute atomic E-state index is 12.7. The number of nitrogens with zero attached hydrogens (tertiary/aromatic N) is 2. The smallest absolute Gasteiger partial charge is 0.333 e. The van der Waals surface area contributed by atoms with Crippen LogP contribution in [-0.4, -0.2) is 37.4 Å². The van der Waals surface area contributed by atoms with Gasteiger partial charge in [0.1, 0.15) is 0 Å². The predicted molar refractivity (Wildman–Crippen MR) is 114 cm³/mol. The van der Waals surface area contributed by atoms with Gasteiger partial charge in [-0.05, 0) is 35.1 Å². The first-order chi connectivity index (χ1) is 14.0. The van der Waals surface area contributed by atoms with Gasteiger partial charge in [0.05, 0.1) is 0 Å². The molecule has 0 saturated carbocycles. The highest BCUT2D eigenvalue weighted by atomic mass is 35.5. The van der Waals surface area contributed by atoms with Crippen molar-refractivity contribution in [3.8, 4) is 0 Å². The molecular formula is C19H24ClN5O4S. The minimum Gasteiger partial charge on any atom is -0.354 e. The summed E-state index contributed by atoms with van der Waals surface area (Å²) in [5.74, 6) is -0.702. The number of hydrogen-bond acceptors (Lipinski definition) is 6. The van der Waals surface area contributed by atoms with E-state index >= 15 is 0 Å². The molecule has 0 aliphatic carbocycles. The van der Waals surface area contributed by atoms with Gasteiger partial charge in [0, 0.05) is 30.2 Å². The molecule has 0 radical (unpaired) electrons. The third-order valence-electron chi connectivity index (χ3n) is 4.24. The van der Waals surface area contributed by atoms with E-state index < -0.39 is 32.7 Å². The third-order valence-corrected chi connectivity index (χ3v) is 5.72. The topological polar surface area (TPSA) is 130 Å². The van der Waals surface area contributed by atoms with Crippen molar-refractivity contribution < 1.29 is 18.0 Å². The molecule has 162 valence electrons. The van der Waals surface area contributed by atoms with Gasteiger partial charge in [0.2, 0.25) is 5.03 Å². The molecule has 9 nitrogen and oxygen atoms in total. The fraction of sp³-hybridized carbons (Fsp3) is 0.368. The highest BCUT2D eigenvalue weighted by Gasteiger charge is 2.28. The Morgan fingerprint density at radius 3 is 2.03 bits per heavy atom. The molecule has 3 amide bonds. The van der Waals surface area contributed by atoms with Crippen molar-refractivity contribution in [3.63, 3.8) is 0 Å². The molecule has 30 heavy (non-hydrogen) atoms. The predicted octanol–water partition coefficient (Wildman–Crippen LogP) is 3.25. The van der Waals surface area contributed by atoms with Crippen LogP contribution in [0.1, 0.15) is 61.1 Å². The lowest BCUT2D eigenvalue weighted by atomic mass is 9.92. The summed E-state index contributed by atoms with van der Waals surface area (Å²) in [5, 5.41) is 4.78. The number of carbonyl (C=O) groups excluding carboxylic acids is 2. The second-order valence-corrected chi connectivity index (χ2v) is 9.15. The molecule has 2 aromatic rings. The monoisotopic (exact) mass is 453 g/mol. The molecule has 2 rings (SSSR count). The van der Waals surface area contributed by atoms with Crippen LogP contribution in [-0.2, 0) is 10.0 Å². The van der Waals surface area contributed by atoms with Gasteiger partial charge in [-0.25, -0.2) is 19.5 Å². The Morgan fingerprint density at radius 2 is 1.53 bits per heavy atom. The number of aromatic nitrogens is 2. The molecule has 0 bridgehead atoms. The van der Waals surface area contributed by atoms with Crippen LogP contribution in [0.15, 0.2) is 29.6 Å². The Balaban J connectivity index is 2.40. The normalized spacial score (nSPS) is 11.5. The lowest BCUT2D eigenvalue weighted by Gasteiger charge is -2.21. The summed E-state index contributed by atoms with van der Waals surface area (Å²) < 4.78 is 27.3. The molecule has 3 N–H and O–H groups in total. The number of carbonyl (C=O) groups is 2. The number of anilines is 1. The molecule has 0 aliphatic rings. The van der Waals surface area contributed by atoms with Crippen molar-refractivity contribution in [2.24, 2.45) is 0 Å². The molecule has 1 aromatic heterocycles. The summed E-state index contributed by atoms with van der Waals surface area (Å²) in [4.78, 5) is 32.0. The first kappa shape index (κ1) is 23.6. The standard InChI is InChI=1S/C19H24ClN5O4S/c1-10(2)13-8-12(20)9-14(11(3)4)15(13)24-19(27)25-30(28,29)18-16(17(26)21-5)22-6-7-23-18/h6-11H,1-5H3,(H,21,26)(H2,24,25,27). The van der Waals surface area contributed by atoms with E-state index in [-0.39, 0.29) is 11.8 Å². The van der Waals surface area contributed by atoms with Crippen molar-refractivity contribution in [1.82, 2.24) is 20.0 Å². The number of halogens is 1. The molecule has 0 aliphatic heterocycles. The van der Waals surface area contributed by atoms with Gasteiger partial charge in [-0.3, -0.25) is 4.79 Å². The van der Waals surface area contributed by atoms with Gasteiger partial charge in [0.25, 0.3) is 15.9 Å². The molecule has 11 heteroatoms. The van der Waals surface area contributed by atoms with Crippen LogP contribution in [0.3, 0.4) is 0 Å². The Kier molecular flexibility index (Phi) is 7.38. The van der Waals surface area contributed by atoms with E-state index in [0.29, 0.717) is 10.7 Å². The first-order valence-corrected chi connectivity index (χ1v) is 11.0. The zero-order valence-electron chi connectivity index (χ0n) is 17.3. The zero-order valence-corrected chi connectivity index (χ0v) is 18.9. The average Bonchev–Trinajstić information content (AvgIpc) is 2.67. The van der Waals surface area contributed by atoms with Gasteiger partial charge in [-0.1, -0.05) is 39.3 Å². The number of urea groups is 1. The van der Waals surface area contributed by atoms with E-state index in [4.69, 9.17) is 11.6 Å². The molecule has 1 heterocycles. The van der Waals surface area contributed by atoms with Crippen LogP contribution in [0.5, 0.6) is 0 Å². The van der Waals surface area contributed by atoms with Crippen molar-refractivity contribution in [2.75, 3.05) is 12.4 Å². The number of amides is 3. The molecule has 0 fully saturated rings. The molecule has 0 spiro atoms. The first-order valence-electron chi connectivity index (χ1n) is 9.18. The summed E-state index contributed by atoms with van der Waals surface area (Å²) in [6, 6.07) is 2.47.